The van der Waals surface area contributed by atoms with E-state index in [2.05, 4.69) is 14.8 Å². The number of hydrogen-bond acceptors (Lipinski definition) is 4. The molecule has 1 aromatic heterocycles. The molecule has 0 saturated heterocycles. The molecule has 1 aliphatic heterocycles. The molecule has 3 rings (SSSR count). The average molecular weight is 287 g/mol. The van der Waals surface area contributed by atoms with Gasteiger partial charge in [-0.2, -0.15) is 0 Å². The van der Waals surface area contributed by atoms with Crippen LogP contribution < -0.4 is 4.74 Å². The molecule has 0 fully saturated rings. The summed E-state index contributed by atoms with van der Waals surface area (Å²) < 4.78 is 7.75. The predicted octanol–water partition coefficient (Wildman–Crippen LogP) is 2.20. The highest BCUT2D eigenvalue weighted by Gasteiger charge is 2.17. The van der Waals surface area contributed by atoms with Crippen molar-refractivity contribution >= 4 is 5.97 Å². The van der Waals surface area contributed by atoms with Gasteiger partial charge in [-0.3, -0.25) is 0 Å². The Morgan fingerprint density at radius 3 is 3.05 bits per heavy atom. The number of nitrogens with zero attached hydrogens (tertiary/aromatic N) is 3. The molecule has 0 unspecified atom stereocenters. The first-order chi connectivity index (χ1) is 10.1. The van der Waals surface area contributed by atoms with Crippen molar-refractivity contribution in [3.8, 4) is 5.75 Å². The van der Waals surface area contributed by atoms with E-state index in [1.54, 1.807) is 18.2 Å². The maximum Gasteiger partial charge on any atom is 0.339 e. The Hall–Kier alpha value is -2.37. The van der Waals surface area contributed by atoms with Gasteiger partial charge in [0.25, 0.3) is 0 Å². The molecule has 1 N–H and O–H groups in total. The van der Waals surface area contributed by atoms with E-state index in [0.29, 0.717) is 5.75 Å². The van der Waals surface area contributed by atoms with E-state index in [-0.39, 0.29) is 12.2 Å². The molecule has 1 aliphatic rings. The van der Waals surface area contributed by atoms with Crippen LogP contribution in [0.4, 0.5) is 0 Å². The van der Waals surface area contributed by atoms with Crippen molar-refractivity contribution < 1.29 is 14.6 Å². The zero-order chi connectivity index (χ0) is 14.8. The fourth-order valence-corrected chi connectivity index (χ4v) is 2.54. The third-order valence-corrected chi connectivity index (χ3v) is 3.66. The van der Waals surface area contributed by atoms with E-state index in [9.17, 15) is 9.90 Å². The summed E-state index contributed by atoms with van der Waals surface area (Å²) in [6, 6.07) is 5.05. The molecule has 1 aromatic carbocycles. The number of ether oxygens (including phenoxy) is 1. The van der Waals surface area contributed by atoms with E-state index in [1.807, 2.05) is 6.92 Å². The fraction of sp³-hybridized carbons (Fsp3) is 0.400. The van der Waals surface area contributed by atoms with Crippen LogP contribution in [-0.2, 0) is 19.6 Å². The third kappa shape index (κ3) is 2.74. The van der Waals surface area contributed by atoms with Crippen LogP contribution in [0.25, 0.3) is 0 Å². The number of carboxylic acid groups (broad SMARTS) is 1. The van der Waals surface area contributed by atoms with Gasteiger partial charge in [0.1, 0.15) is 23.7 Å². The summed E-state index contributed by atoms with van der Waals surface area (Å²) in [4.78, 5) is 11.2. The summed E-state index contributed by atoms with van der Waals surface area (Å²) in [6.07, 6.45) is 3.20. The SMILES string of the molecule is Cc1ccc(C(=O)O)c(OCc2nnc3n2CCCC3)c1. The number of hydrogen-bond donors (Lipinski definition) is 1. The van der Waals surface area contributed by atoms with E-state index in [0.717, 1.165) is 43.0 Å². The zero-order valence-electron chi connectivity index (χ0n) is 11.9. The molecular formula is C15H17N3O3. The number of benzene rings is 1. The van der Waals surface area contributed by atoms with Crippen LogP contribution in [-0.4, -0.2) is 25.8 Å². The van der Waals surface area contributed by atoms with Gasteiger partial charge >= 0.3 is 5.97 Å². The van der Waals surface area contributed by atoms with Gasteiger partial charge in [-0.15, -0.1) is 10.2 Å². The lowest BCUT2D eigenvalue weighted by Gasteiger charge is -2.15. The van der Waals surface area contributed by atoms with Crippen LogP contribution >= 0.6 is 0 Å². The Kier molecular flexibility index (Phi) is 3.60. The van der Waals surface area contributed by atoms with Crippen molar-refractivity contribution in [3.63, 3.8) is 0 Å². The number of rotatable bonds is 4. The maximum absolute atomic E-state index is 11.2. The van der Waals surface area contributed by atoms with Crippen LogP contribution in [0, 0.1) is 6.92 Å². The molecule has 0 bridgehead atoms. The van der Waals surface area contributed by atoms with E-state index >= 15 is 0 Å². The largest absolute Gasteiger partial charge is 0.485 e. The summed E-state index contributed by atoms with van der Waals surface area (Å²) in [5.41, 5.74) is 1.12. The Balaban J connectivity index is 1.80. The highest BCUT2D eigenvalue weighted by Crippen LogP contribution is 2.22. The van der Waals surface area contributed by atoms with Crippen LogP contribution in [0.2, 0.25) is 0 Å². The normalized spacial score (nSPS) is 13.8. The first-order valence-electron chi connectivity index (χ1n) is 7.03. The van der Waals surface area contributed by atoms with Crippen LogP contribution in [0.15, 0.2) is 18.2 Å². The highest BCUT2D eigenvalue weighted by molar-refractivity contribution is 5.90. The predicted molar refractivity (Wildman–Crippen MR) is 75.4 cm³/mol. The molecule has 0 aliphatic carbocycles. The first-order valence-corrected chi connectivity index (χ1v) is 7.03. The van der Waals surface area contributed by atoms with Gasteiger partial charge in [-0.1, -0.05) is 6.07 Å². The monoisotopic (exact) mass is 287 g/mol. The Morgan fingerprint density at radius 1 is 1.38 bits per heavy atom. The van der Waals surface area contributed by atoms with Gasteiger partial charge in [0.05, 0.1) is 0 Å². The number of aromatic nitrogens is 3. The average Bonchev–Trinajstić information content (AvgIpc) is 2.88. The lowest BCUT2D eigenvalue weighted by atomic mass is 10.1. The second kappa shape index (κ2) is 5.55. The van der Waals surface area contributed by atoms with Crippen LogP contribution in [0.1, 0.15) is 40.4 Å². The molecule has 0 amide bonds. The zero-order valence-corrected chi connectivity index (χ0v) is 11.9. The smallest absolute Gasteiger partial charge is 0.339 e. The summed E-state index contributed by atoms with van der Waals surface area (Å²) in [5, 5.41) is 17.5. The minimum absolute atomic E-state index is 0.166. The molecule has 0 saturated carbocycles. The Morgan fingerprint density at radius 2 is 2.24 bits per heavy atom. The summed E-state index contributed by atoms with van der Waals surface area (Å²) in [6.45, 7) is 3.04. The lowest BCUT2D eigenvalue weighted by molar-refractivity contribution is 0.0691. The minimum Gasteiger partial charge on any atom is -0.485 e. The molecule has 2 aromatic rings. The van der Waals surface area contributed by atoms with Crippen molar-refractivity contribution in [2.75, 3.05) is 0 Å². The first kappa shape index (κ1) is 13.6. The van der Waals surface area contributed by atoms with Crippen molar-refractivity contribution in [3.05, 3.63) is 41.0 Å². The van der Waals surface area contributed by atoms with E-state index < -0.39 is 5.97 Å². The van der Waals surface area contributed by atoms with Crippen molar-refractivity contribution in [1.29, 1.82) is 0 Å². The number of aromatic carboxylic acids is 1. The van der Waals surface area contributed by atoms with Crippen molar-refractivity contribution in [2.45, 2.75) is 39.3 Å². The number of carbonyl (C=O) groups is 1. The van der Waals surface area contributed by atoms with Gasteiger partial charge in [0.2, 0.25) is 0 Å². The quantitative estimate of drug-likeness (QED) is 0.932. The van der Waals surface area contributed by atoms with Gasteiger partial charge in [-0.25, -0.2) is 4.79 Å². The Labute approximate surface area is 122 Å². The summed E-state index contributed by atoms with van der Waals surface area (Å²) >= 11 is 0. The molecule has 6 nitrogen and oxygen atoms in total. The standard InChI is InChI=1S/C15H17N3O3/c1-10-5-6-11(15(19)20)12(8-10)21-9-14-17-16-13-4-2-3-7-18(13)14/h5-6,8H,2-4,7,9H2,1H3,(H,19,20). The number of aryl methyl sites for hydroxylation is 2. The third-order valence-electron chi connectivity index (χ3n) is 3.66. The van der Waals surface area contributed by atoms with Gasteiger partial charge in [0.15, 0.2) is 5.82 Å². The summed E-state index contributed by atoms with van der Waals surface area (Å²) in [5.74, 6) is 1.12. The molecule has 0 spiro atoms. The molecule has 6 heteroatoms. The molecule has 21 heavy (non-hydrogen) atoms. The molecule has 110 valence electrons. The molecule has 0 radical (unpaired) electrons. The van der Waals surface area contributed by atoms with E-state index in [4.69, 9.17) is 4.74 Å². The topological polar surface area (TPSA) is 77.2 Å². The summed E-state index contributed by atoms with van der Waals surface area (Å²) in [7, 11) is 0. The molecule has 2 heterocycles. The van der Waals surface area contributed by atoms with Crippen LogP contribution in [0.5, 0.6) is 5.75 Å². The maximum atomic E-state index is 11.2. The van der Waals surface area contributed by atoms with E-state index in [1.165, 1.54) is 0 Å². The second-order valence-electron chi connectivity index (χ2n) is 5.23. The number of carboxylic acids is 1. The number of fused-ring (bicyclic) bond motifs is 1. The van der Waals surface area contributed by atoms with Gasteiger partial charge < -0.3 is 14.4 Å². The second-order valence-corrected chi connectivity index (χ2v) is 5.23. The molecule has 0 atom stereocenters. The van der Waals surface area contributed by atoms with Gasteiger partial charge in [-0.05, 0) is 37.5 Å². The van der Waals surface area contributed by atoms with Crippen molar-refractivity contribution in [2.24, 2.45) is 0 Å². The Bertz CT molecular complexity index is 679. The van der Waals surface area contributed by atoms with Crippen molar-refractivity contribution in [1.82, 2.24) is 14.8 Å². The van der Waals surface area contributed by atoms with Crippen LogP contribution in [0.3, 0.4) is 0 Å². The minimum atomic E-state index is -0.992. The fourth-order valence-electron chi connectivity index (χ4n) is 2.54. The molecular weight excluding hydrogens is 270 g/mol. The highest BCUT2D eigenvalue weighted by atomic mass is 16.5. The lowest BCUT2D eigenvalue weighted by Crippen LogP contribution is -2.15. The van der Waals surface area contributed by atoms with Gasteiger partial charge in [0, 0.05) is 13.0 Å².